The number of hydrogen-bond donors (Lipinski definition) is 1. The van der Waals surface area contributed by atoms with Gasteiger partial charge in [-0.3, -0.25) is 4.79 Å². The van der Waals surface area contributed by atoms with Gasteiger partial charge in [-0.1, -0.05) is 61.9 Å². The first-order chi connectivity index (χ1) is 13.7. The monoisotopic (exact) mass is 373 g/mol. The van der Waals surface area contributed by atoms with Gasteiger partial charge in [0.05, 0.1) is 18.7 Å². The van der Waals surface area contributed by atoms with Crippen LogP contribution in [0.5, 0.6) is 5.75 Å². The Morgan fingerprint density at radius 1 is 1.00 bits per heavy atom. The van der Waals surface area contributed by atoms with E-state index in [2.05, 4.69) is 12.2 Å². The maximum atomic E-state index is 13.1. The molecule has 0 saturated carbocycles. The molecule has 0 fully saturated rings. The van der Waals surface area contributed by atoms with Crippen LogP contribution in [-0.4, -0.2) is 13.0 Å². The van der Waals surface area contributed by atoms with Crippen molar-refractivity contribution >= 4 is 33.5 Å². The van der Waals surface area contributed by atoms with E-state index < -0.39 is 0 Å². The summed E-state index contributed by atoms with van der Waals surface area (Å²) in [5.74, 6) is 0.375. The minimum absolute atomic E-state index is 0.0400. The van der Waals surface area contributed by atoms with Gasteiger partial charge in [-0.2, -0.15) is 0 Å². The van der Waals surface area contributed by atoms with Gasteiger partial charge in [0, 0.05) is 16.8 Å². The van der Waals surface area contributed by atoms with Crippen molar-refractivity contribution in [2.75, 3.05) is 12.4 Å². The standard InChI is InChI=1S/C24H23NO3/c1-3-9-17(16-10-5-4-6-11-16)24(26)25-20-15-22-19(14-23(20)27-2)18-12-7-8-13-21(18)28-22/h4-8,10-15,17H,3,9H2,1-2H3,(H,25,26)/t17-/m0/s1. The third kappa shape index (κ3) is 3.33. The first-order valence-electron chi connectivity index (χ1n) is 9.56. The van der Waals surface area contributed by atoms with Crippen LogP contribution < -0.4 is 10.1 Å². The van der Waals surface area contributed by atoms with Crippen LogP contribution >= 0.6 is 0 Å². The highest BCUT2D eigenvalue weighted by atomic mass is 16.5. The zero-order chi connectivity index (χ0) is 19.5. The third-order valence-corrected chi connectivity index (χ3v) is 5.05. The summed E-state index contributed by atoms with van der Waals surface area (Å²) < 4.78 is 11.5. The van der Waals surface area contributed by atoms with Gasteiger partial charge >= 0.3 is 0 Å². The van der Waals surface area contributed by atoms with E-state index in [0.717, 1.165) is 40.3 Å². The zero-order valence-corrected chi connectivity index (χ0v) is 16.1. The van der Waals surface area contributed by atoms with Crippen LogP contribution in [-0.2, 0) is 4.79 Å². The molecule has 0 bridgehead atoms. The van der Waals surface area contributed by atoms with Crippen LogP contribution in [0, 0.1) is 0 Å². The number of fused-ring (bicyclic) bond motifs is 3. The van der Waals surface area contributed by atoms with Gasteiger partial charge in [-0.15, -0.1) is 0 Å². The highest BCUT2D eigenvalue weighted by Crippen LogP contribution is 2.37. The van der Waals surface area contributed by atoms with Crippen LogP contribution in [0.2, 0.25) is 0 Å². The fourth-order valence-electron chi connectivity index (χ4n) is 3.66. The molecule has 0 saturated heterocycles. The number of benzene rings is 3. The second-order valence-electron chi connectivity index (χ2n) is 6.89. The molecule has 1 atom stereocenters. The molecule has 142 valence electrons. The Bertz CT molecular complexity index is 1110. The fraction of sp³-hybridized carbons (Fsp3) is 0.208. The first-order valence-corrected chi connectivity index (χ1v) is 9.56. The van der Waals surface area contributed by atoms with Crippen molar-refractivity contribution in [1.29, 1.82) is 0 Å². The van der Waals surface area contributed by atoms with E-state index in [1.54, 1.807) is 7.11 Å². The first kappa shape index (κ1) is 18.1. The molecular formula is C24H23NO3. The molecule has 0 aliphatic carbocycles. The Hall–Kier alpha value is -3.27. The lowest BCUT2D eigenvalue weighted by Gasteiger charge is -2.18. The molecule has 1 N–H and O–H groups in total. The summed E-state index contributed by atoms with van der Waals surface area (Å²) in [5, 5.41) is 5.06. The molecule has 4 heteroatoms. The summed E-state index contributed by atoms with van der Waals surface area (Å²) in [6.45, 7) is 2.09. The summed E-state index contributed by atoms with van der Waals surface area (Å²) in [5.41, 5.74) is 3.18. The van der Waals surface area contributed by atoms with E-state index in [-0.39, 0.29) is 11.8 Å². The molecule has 0 unspecified atom stereocenters. The van der Waals surface area contributed by atoms with Gasteiger partial charge in [0.1, 0.15) is 16.9 Å². The molecule has 1 amide bonds. The van der Waals surface area contributed by atoms with E-state index in [1.807, 2.05) is 66.7 Å². The Morgan fingerprint density at radius 3 is 2.50 bits per heavy atom. The normalized spacial score (nSPS) is 12.2. The molecule has 4 rings (SSSR count). The SMILES string of the molecule is CCC[C@H](C(=O)Nc1cc2oc3ccccc3c2cc1OC)c1ccccc1. The highest BCUT2D eigenvalue weighted by molar-refractivity contribution is 6.08. The lowest BCUT2D eigenvalue weighted by Crippen LogP contribution is -2.21. The maximum Gasteiger partial charge on any atom is 0.232 e. The Labute approximate surface area is 164 Å². The van der Waals surface area contributed by atoms with Gasteiger partial charge in [0.15, 0.2) is 0 Å². The quantitative estimate of drug-likeness (QED) is 0.443. The van der Waals surface area contributed by atoms with Crippen molar-refractivity contribution in [3.63, 3.8) is 0 Å². The molecule has 0 aliphatic heterocycles. The number of amides is 1. The summed E-state index contributed by atoms with van der Waals surface area (Å²) in [7, 11) is 1.61. The molecule has 4 nitrogen and oxygen atoms in total. The largest absolute Gasteiger partial charge is 0.495 e. The predicted molar refractivity (Wildman–Crippen MR) is 113 cm³/mol. The van der Waals surface area contributed by atoms with E-state index in [0.29, 0.717) is 11.4 Å². The number of rotatable bonds is 6. The summed E-state index contributed by atoms with van der Waals surface area (Å²) >= 11 is 0. The molecule has 3 aromatic carbocycles. The van der Waals surface area contributed by atoms with Crippen LogP contribution in [0.15, 0.2) is 71.1 Å². The van der Waals surface area contributed by atoms with Crippen LogP contribution in [0.1, 0.15) is 31.2 Å². The lowest BCUT2D eigenvalue weighted by molar-refractivity contribution is -0.117. The average molecular weight is 373 g/mol. The second-order valence-corrected chi connectivity index (χ2v) is 6.89. The molecule has 0 aliphatic rings. The molecule has 1 aromatic heterocycles. The number of ether oxygens (including phenoxy) is 1. The smallest absolute Gasteiger partial charge is 0.232 e. The van der Waals surface area contributed by atoms with Crippen molar-refractivity contribution in [2.45, 2.75) is 25.7 Å². The van der Waals surface area contributed by atoms with Crippen molar-refractivity contribution < 1.29 is 13.9 Å². The molecule has 0 radical (unpaired) electrons. The lowest BCUT2D eigenvalue weighted by atomic mass is 9.93. The topological polar surface area (TPSA) is 51.5 Å². The minimum atomic E-state index is -0.206. The number of hydrogen-bond acceptors (Lipinski definition) is 3. The van der Waals surface area contributed by atoms with Crippen LogP contribution in [0.25, 0.3) is 21.9 Å². The third-order valence-electron chi connectivity index (χ3n) is 5.05. The van der Waals surface area contributed by atoms with Crippen LogP contribution in [0.3, 0.4) is 0 Å². The van der Waals surface area contributed by atoms with E-state index >= 15 is 0 Å². The van der Waals surface area contributed by atoms with E-state index in [4.69, 9.17) is 9.15 Å². The zero-order valence-electron chi connectivity index (χ0n) is 16.1. The fourth-order valence-corrected chi connectivity index (χ4v) is 3.66. The van der Waals surface area contributed by atoms with Gasteiger partial charge in [-0.05, 0) is 24.1 Å². The second kappa shape index (κ2) is 7.77. The highest BCUT2D eigenvalue weighted by Gasteiger charge is 2.22. The number of furan rings is 1. The number of anilines is 1. The van der Waals surface area contributed by atoms with Gasteiger partial charge in [0.2, 0.25) is 5.91 Å². The Kier molecular flexibility index (Phi) is 5.02. The summed E-state index contributed by atoms with van der Waals surface area (Å²) in [6.07, 6.45) is 1.71. The molecule has 0 spiro atoms. The molecule has 28 heavy (non-hydrogen) atoms. The van der Waals surface area contributed by atoms with Gasteiger partial charge < -0.3 is 14.5 Å². The number of methoxy groups -OCH3 is 1. The number of para-hydroxylation sites is 1. The minimum Gasteiger partial charge on any atom is -0.495 e. The van der Waals surface area contributed by atoms with E-state index in [9.17, 15) is 4.79 Å². The number of carbonyl (C=O) groups is 1. The van der Waals surface area contributed by atoms with Crippen LogP contribution in [0.4, 0.5) is 5.69 Å². The number of carbonyl (C=O) groups excluding carboxylic acids is 1. The van der Waals surface area contributed by atoms with Gasteiger partial charge in [-0.25, -0.2) is 0 Å². The average Bonchev–Trinajstić information content (AvgIpc) is 3.09. The molecular weight excluding hydrogens is 350 g/mol. The maximum absolute atomic E-state index is 13.1. The van der Waals surface area contributed by atoms with Crippen molar-refractivity contribution in [3.05, 3.63) is 72.3 Å². The summed E-state index contributed by atoms with van der Waals surface area (Å²) in [4.78, 5) is 13.1. The van der Waals surface area contributed by atoms with Crippen molar-refractivity contribution in [3.8, 4) is 5.75 Å². The van der Waals surface area contributed by atoms with Crippen molar-refractivity contribution in [2.24, 2.45) is 0 Å². The molecule has 1 heterocycles. The molecule has 4 aromatic rings. The van der Waals surface area contributed by atoms with Gasteiger partial charge in [0.25, 0.3) is 0 Å². The van der Waals surface area contributed by atoms with Crippen molar-refractivity contribution in [1.82, 2.24) is 0 Å². The van der Waals surface area contributed by atoms with E-state index in [1.165, 1.54) is 0 Å². The number of nitrogens with one attached hydrogen (secondary N) is 1. The predicted octanol–water partition coefficient (Wildman–Crippen LogP) is 6.12. The Morgan fingerprint density at radius 2 is 1.75 bits per heavy atom. The Balaban J connectivity index is 1.71. The summed E-state index contributed by atoms with van der Waals surface area (Å²) in [6, 6.07) is 21.5.